The molecule has 2 aromatic heterocycles. The third-order valence-electron chi connectivity index (χ3n) is 2.84. The summed E-state index contributed by atoms with van der Waals surface area (Å²) < 4.78 is 6.12. The number of ether oxygens (including phenoxy) is 1. The average molecular weight is 320 g/mol. The molecule has 2 heterocycles. The molecule has 3 rings (SSSR count). The zero-order valence-electron chi connectivity index (χ0n) is 11.3. The van der Waals surface area contributed by atoms with Gasteiger partial charge in [-0.1, -0.05) is 22.7 Å². The van der Waals surface area contributed by atoms with Crippen LogP contribution in [0.4, 0.5) is 10.3 Å². The number of nitrogens with one attached hydrogen (secondary N) is 1. The summed E-state index contributed by atoms with van der Waals surface area (Å²) in [7, 11) is 1.61. The minimum atomic E-state index is -0.243. The van der Waals surface area contributed by atoms with Crippen LogP contribution in [-0.4, -0.2) is 23.0 Å². The van der Waals surface area contributed by atoms with E-state index in [1.54, 1.807) is 14.0 Å². The predicted molar refractivity (Wildman–Crippen MR) is 85.4 cm³/mol. The lowest BCUT2D eigenvalue weighted by Crippen LogP contribution is -2.11. The average Bonchev–Trinajstić information content (AvgIpc) is 2.99. The van der Waals surface area contributed by atoms with Crippen molar-refractivity contribution in [2.45, 2.75) is 6.92 Å². The lowest BCUT2D eigenvalue weighted by Gasteiger charge is -1.98. The predicted octanol–water partition coefficient (Wildman–Crippen LogP) is 2.90. The van der Waals surface area contributed by atoms with Gasteiger partial charge >= 0.3 is 0 Å². The first kappa shape index (κ1) is 13.8. The summed E-state index contributed by atoms with van der Waals surface area (Å²) in [5.74, 6) is 0.517. The highest BCUT2D eigenvalue weighted by Gasteiger charge is 2.16. The Labute approximate surface area is 128 Å². The number of aromatic nitrogens is 2. The number of nitrogens with zero attached hydrogens (tertiary/aromatic N) is 2. The highest BCUT2D eigenvalue weighted by molar-refractivity contribution is 7.22. The van der Waals surface area contributed by atoms with Gasteiger partial charge in [-0.15, -0.1) is 0 Å². The zero-order chi connectivity index (χ0) is 15.0. The van der Waals surface area contributed by atoms with Crippen LogP contribution >= 0.6 is 22.7 Å². The number of aryl methyl sites for hydroxylation is 1. The van der Waals surface area contributed by atoms with Crippen molar-refractivity contribution in [2.24, 2.45) is 0 Å². The molecule has 108 valence electrons. The standard InChI is InChI=1S/C13H12N4O2S2/c1-6-10(21-12(14)15-6)11(18)17-13-16-8-4-3-7(19-2)5-9(8)20-13/h3-5H,1-2H3,(H2,14,15)(H,16,17,18). The molecular weight excluding hydrogens is 308 g/mol. The maximum atomic E-state index is 12.2. The molecule has 0 aliphatic rings. The Kier molecular flexibility index (Phi) is 3.48. The summed E-state index contributed by atoms with van der Waals surface area (Å²) in [6.07, 6.45) is 0. The molecule has 3 aromatic rings. The number of carbonyl (C=O) groups is 1. The highest BCUT2D eigenvalue weighted by Crippen LogP contribution is 2.30. The molecule has 21 heavy (non-hydrogen) atoms. The summed E-state index contributed by atoms with van der Waals surface area (Å²) in [4.78, 5) is 21.1. The molecule has 0 aliphatic heterocycles. The Morgan fingerprint density at radius 2 is 2.14 bits per heavy atom. The number of hydrogen-bond donors (Lipinski definition) is 2. The fourth-order valence-electron chi connectivity index (χ4n) is 1.87. The molecule has 0 spiro atoms. The molecule has 8 heteroatoms. The number of nitrogen functional groups attached to an aromatic ring is 1. The van der Waals surface area contributed by atoms with Crippen LogP contribution in [0.5, 0.6) is 5.75 Å². The number of anilines is 2. The number of fused-ring (bicyclic) bond motifs is 1. The van der Waals surface area contributed by atoms with Crippen LogP contribution in [0.1, 0.15) is 15.4 Å². The lowest BCUT2D eigenvalue weighted by molar-refractivity contribution is 0.103. The van der Waals surface area contributed by atoms with Gasteiger partial charge in [0.05, 0.1) is 23.0 Å². The van der Waals surface area contributed by atoms with Crippen LogP contribution in [-0.2, 0) is 0 Å². The van der Waals surface area contributed by atoms with E-state index in [0.717, 1.165) is 16.0 Å². The first-order chi connectivity index (χ1) is 10.1. The first-order valence-electron chi connectivity index (χ1n) is 6.05. The van der Waals surface area contributed by atoms with E-state index in [1.807, 2.05) is 18.2 Å². The monoisotopic (exact) mass is 320 g/mol. The van der Waals surface area contributed by atoms with Gasteiger partial charge in [0.2, 0.25) is 0 Å². The quantitative estimate of drug-likeness (QED) is 0.774. The van der Waals surface area contributed by atoms with Gasteiger partial charge in [-0.2, -0.15) is 0 Å². The second-order valence-corrected chi connectivity index (χ2v) is 6.33. The van der Waals surface area contributed by atoms with E-state index in [-0.39, 0.29) is 5.91 Å². The van der Waals surface area contributed by atoms with Crippen LogP contribution in [0.25, 0.3) is 10.2 Å². The molecule has 0 fully saturated rings. The second kappa shape index (κ2) is 5.30. The van der Waals surface area contributed by atoms with Gasteiger partial charge < -0.3 is 10.5 Å². The summed E-state index contributed by atoms with van der Waals surface area (Å²) in [6.45, 7) is 1.75. The summed E-state index contributed by atoms with van der Waals surface area (Å²) >= 11 is 2.56. The Hall–Kier alpha value is -2.19. The van der Waals surface area contributed by atoms with Gasteiger partial charge in [0.15, 0.2) is 10.3 Å². The molecule has 0 atom stereocenters. The number of methoxy groups -OCH3 is 1. The Morgan fingerprint density at radius 3 is 2.81 bits per heavy atom. The number of benzene rings is 1. The van der Waals surface area contributed by atoms with Crippen molar-refractivity contribution in [3.05, 3.63) is 28.8 Å². The third-order valence-corrected chi connectivity index (χ3v) is 4.75. The summed E-state index contributed by atoms with van der Waals surface area (Å²) in [6, 6.07) is 5.58. The molecule has 0 saturated heterocycles. The molecule has 0 saturated carbocycles. The normalized spacial score (nSPS) is 10.8. The number of amides is 1. The Balaban J connectivity index is 1.87. The van der Waals surface area contributed by atoms with Crippen molar-refractivity contribution in [1.29, 1.82) is 0 Å². The number of rotatable bonds is 3. The van der Waals surface area contributed by atoms with Crippen LogP contribution in [0.3, 0.4) is 0 Å². The SMILES string of the molecule is COc1ccc2nc(NC(=O)c3sc(N)nc3C)sc2c1. The summed E-state index contributed by atoms with van der Waals surface area (Å²) in [5.41, 5.74) is 7.04. The minimum absolute atomic E-state index is 0.243. The largest absolute Gasteiger partial charge is 0.497 e. The van der Waals surface area contributed by atoms with Crippen LogP contribution in [0.15, 0.2) is 18.2 Å². The van der Waals surface area contributed by atoms with E-state index in [4.69, 9.17) is 10.5 Å². The van der Waals surface area contributed by atoms with Crippen molar-refractivity contribution in [2.75, 3.05) is 18.2 Å². The number of nitrogens with two attached hydrogens (primary N) is 1. The van der Waals surface area contributed by atoms with E-state index < -0.39 is 0 Å². The van der Waals surface area contributed by atoms with Crippen molar-refractivity contribution in [3.63, 3.8) is 0 Å². The molecular formula is C13H12N4O2S2. The zero-order valence-corrected chi connectivity index (χ0v) is 13.0. The highest BCUT2D eigenvalue weighted by atomic mass is 32.1. The van der Waals surface area contributed by atoms with E-state index >= 15 is 0 Å². The van der Waals surface area contributed by atoms with Crippen molar-refractivity contribution in [3.8, 4) is 5.75 Å². The maximum absolute atomic E-state index is 12.2. The fraction of sp³-hybridized carbons (Fsp3) is 0.154. The molecule has 1 aromatic carbocycles. The van der Waals surface area contributed by atoms with Crippen molar-refractivity contribution in [1.82, 2.24) is 9.97 Å². The molecule has 0 aliphatic carbocycles. The third kappa shape index (κ3) is 2.67. The van der Waals surface area contributed by atoms with Crippen molar-refractivity contribution < 1.29 is 9.53 Å². The topological polar surface area (TPSA) is 90.1 Å². The van der Waals surface area contributed by atoms with E-state index in [9.17, 15) is 4.79 Å². The van der Waals surface area contributed by atoms with Crippen LogP contribution in [0.2, 0.25) is 0 Å². The van der Waals surface area contributed by atoms with Crippen molar-refractivity contribution >= 4 is 49.1 Å². The van der Waals surface area contributed by atoms with Gasteiger partial charge in [0.25, 0.3) is 5.91 Å². The van der Waals surface area contributed by atoms with Gasteiger partial charge in [-0.3, -0.25) is 10.1 Å². The molecule has 1 amide bonds. The lowest BCUT2D eigenvalue weighted by atomic mass is 10.3. The number of thiazole rings is 2. The van der Waals surface area contributed by atoms with E-state index in [1.165, 1.54) is 22.7 Å². The van der Waals surface area contributed by atoms with E-state index in [2.05, 4.69) is 15.3 Å². The van der Waals surface area contributed by atoms with Crippen LogP contribution in [0, 0.1) is 6.92 Å². The number of carbonyl (C=O) groups excluding carboxylic acids is 1. The van der Waals surface area contributed by atoms with Gasteiger partial charge in [-0.25, -0.2) is 9.97 Å². The molecule has 0 bridgehead atoms. The van der Waals surface area contributed by atoms with Gasteiger partial charge in [0, 0.05) is 0 Å². The van der Waals surface area contributed by atoms with Gasteiger partial charge in [-0.05, 0) is 25.1 Å². The molecule has 3 N–H and O–H groups in total. The van der Waals surface area contributed by atoms with Crippen LogP contribution < -0.4 is 15.8 Å². The Bertz CT molecular complexity index is 825. The Morgan fingerprint density at radius 1 is 1.33 bits per heavy atom. The summed E-state index contributed by atoms with van der Waals surface area (Å²) in [5, 5.41) is 3.70. The second-order valence-electron chi connectivity index (χ2n) is 4.27. The molecule has 6 nitrogen and oxygen atoms in total. The fourth-order valence-corrected chi connectivity index (χ4v) is 3.49. The molecule has 0 unspecified atom stereocenters. The van der Waals surface area contributed by atoms with Gasteiger partial charge in [0.1, 0.15) is 10.6 Å². The number of hydrogen-bond acceptors (Lipinski definition) is 7. The maximum Gasteiger partial charge on any atom is 0.269 e. The molecule has 0 radical (unpaired) electrons. The first-order valence-corrected chi connectivity index (χ1v) is 7.69. The smallest absolute Gasteiger partial charge is 0.269 e. The minimum Gasteiger partial charge on any atom is -0.497 e. The van der Waals surface area contributed by atoms with E-state index in [0.29, 0.717) is 20.8 Å².